The van der Waals surface area contributed by atoms with Crippen molar-refractivity contribution >= 4 is 11.8 Å². The highest BCUT2D eigenvalue weighted by atomic mass is 16.5. The molecule has 0 aliphatic carbocycles. The van der Waals surface area contributed by atoms with Gasteiger partial charge in [0.2, 0.25) is 11.8 Å². The summed E-state index contributed by atoms with van der Waals surface area (Å²) in [5.41, 5.74) is 1.08. The number of benzene rings is 1. The molecule has 26 heavy (non-hydrogen) atoms. The van der Waals surface area contributed by atoms with E-state index in [2.05, 4.69) is 19.2 Å². The van der Waals surface area contributed by atoms with Gasteiger partial charge in [-0.15, -0.1) is 0 Å². The molecule has 144 valence electrons. The maximum Gasteiger partial charge on any atom is 0.225 e. The summed E-state index contributed by atoms with van der Waals surface area (Å²) in [7, 11) is 1.64. The zero-order chi connectivity index (χ0) is 19.3. The average Bonchev–Trinajstić information content (AvgIpc) is 3.04. The van der Waals surface area contributed by atoms with E-state index in [-0.39, 0.29) is 23.7 Å². The van der Waals surface area contributed by atoms with Crippen LogP contribution < -0.4 is 10.1 Å². The molecule has 1 aliphatic rings. The molecule has 1 N–H and O–H groups in total. The quantitative estimate of drug-likeness (QED) is 0.813. The Morgan fingerprint density at radius 1 is 1.12 bits per heavy atom. The second-order valence-electron chi connectivity index (χ2n) is 8.02. The number of nitrogens with one attached hydrogen (secondary N) is 1. The summed E-state index contributed by atoms with van der Waals surface area (Å²) in [4.78, 5) is 27.2. The van der Waals surface area contributed by atoms with Crippen molar-refractivity contribution in [2.75, 3.05) is 26.7 Å². The van der Waals surface area contributed by atoms with Crippen molar-refractivity contribution in [2.45, 2.75) is 40.0 Å². The largest absolute Gasteiger partial charge is 0.497 e. The third-order valence-corrected chi connectivity index (χ3v) is 4.82. The van der Waals surface area contributed by atoms with E-state index in [9.17, 15) is 9.59 Å². The monoisotopic (exact) mass is 360 g/mol. The van der Waals surface area contributed by atoms with Crippen molar-refractivity contribution in [3.05, 3.63) is 29.8 Å². The number of carbonyl (C=O) groups is 2. The Morgan fingerprint density at radius 2 is 1.77 bits per heavy atom. The van der Waals surface area contributed by atoms with Crippen molar-refractivity contribution in [1.82, 2.24) is 10.2 Å². The number of rotatable bonds is 7. The normalized spacial score (nSPS) is 19.9. The molecule has 1 aromatic carbocycles. The summed E-state index contributed by atoms with van der Waals surface area (Å²) in [5, 5.41) is 3.04. The first-order chi connectivity index (χ1) is 12.3. The summed E-state index contributed by atoms with van der Waals surface area (Å²) in [6.45, 7) is 9.99. The van der Waals surface area contributed by atoms with Gasteiger partial charge >= 0.3 is 0 Å². The Labute approximate surface area is 157 Å². The lowest BCUT2D eigenvalue weighted by Crippen LogP contribution is -2.37. The van der Waals surface area contributed by atoms with Crippen molar-refractivity contribution in [3.8, 4) is 5.75 Å². The second-order valence-corrected chi connectivity index (χ2v) is 8.02. The summed E-state index contributed by atoms with van der Waals surface area (Å²) >= 11 is 0. The predicted molar refractivity (Wildman–Crippen MR) is 103 cm³/mol. The van der Waals surface area contributed by atoms with Gasteiger partial charge in [0.1, 0.15) is 5.75 Å². The third-order valence-electron chi connectivity index (χ3n) is 4.82. The van der Waals surface area contributed by atoms with Gasteiger partial charge in [-0.05, 0) is 29.5 Å². The molecule has 0 aromatic heterocycles. The Morgan fingerprint density at radius 3 is 2.31 bits per heavy atom. The number of nitrogens with zero attached hydrogens (tertiary/aromatic N) is 1. The van der Waals surface area contributed by atoms with Crippen LogP contribution in [-0.2, 0) is 9.59 Å². The number of ether oxygens (including phenoxy) is 1. The van der Waals surface area contributed by atoms with Crippen LogP contribution in [0, 0.1) is 17.8 Å². The van der Waals surface area contributed by atoms with Gasteiger partial charge in [0, 0.05) is 32.0 Å². The highest BCUT2D eigenvalue weighted by molar-refractivity contribution is 5.83. The van der Waals surface area contributed by atoms with Gasteiger partial charge in [-0.2, -0.15) is 0 Å². The summed E-state index contributed by atoms with van der Waals surface area (Å²) in [6.07, 6.45) is 0.523. The Bertz CT molecular complexity index is 610. The fourth-order valence-electron chi connectivity index (χ4n) is 3.38. The van der Waals surface area contributed by atoms with E-state index in [1.54, 1.807) is 7.11 Å². The lowest BCUT2D eigenvalue weighted by molar-refractivity contribution is -0.131. The van der Waals surface area contributed by atoms with Gasteiger partial charge in [-0.3, -0.25) is 9.59 Å². The van der Waals surface area contributed by atoms with Gasteiger partial charge in [0.05, 0.1) is 13.0 Å². The minimum Gasteiger partial charge on any atom is -0.497 e. The molecule has 1 fully saturated rings. The SMILES string of the molecule is COc1ccc(C2CN(C(=O)CC(C)C)CC2C(=O)NCC(C)C)cc1. The molecule has 0 radical (unpaired) electrons. The Hall–Kier alpha value is -2.04. The van der Waals surface area contributed by atoms with Crippen LogP contribution >= 0.6 is 0 Å². The number of methoxy groups -OCH3 is 1. The highest BCUT2D eigenvalue weighted by Gasteiger charge is 2.40. The van der Waals surface area contributed by atoms with Crippen LogP contribution in [0.1, 0.15) is 45.6 Å². The molecule has 2 atom stereocenters. The second kappa shape index (κ2) is 9.06. The molecule has 2 unspecified atom stereocenters. The lowest BCUT2D eigenvalue weighted by Gasteiger charge is -2.19. The Balaban J connectivity index is 2.18. The summed E-state index contributed by atoms with van der Waals surface area (Å²) < 4.78 is 5.23. The number of amides is 2. The van der Waals surface area contributed by atoms with Crippen molar-refractivity contribution in [1.29, 1.82) is 0 Å². The minimum atomic E-state index is -0.210. The smallest absolute Gasteiger partial charge is 0.225 e. The molecule has 5 heteroatoms. The number of hydrogen-bond donors (Lipinski definition) is 1. The van der Waals surface area contributed by atoms with Crippen LogP contribution in [0.4, 0.5) is 0 Å². The predicted octanol–water partition coefficient (Wildman–Crippen LogP) is 3.06. The van der Waals surface area contributed by atoms with Crippen LogP contribution in [0.5, 0.6) is 5.75 Å². The fourth-order valence-corrected chi connectivity index (χ4v) is 3.38. The molecular weight excluding hydrogens is 328 g/mol. The van der Waals surface area contributed by atoms with Gasteiger partial charge in [-0.25, -0.2) is 0 Å². The zero-order valence-electron chi connectivity index (χ0n) is 16.6. The van der Waals surface area contributed by atoms with Gasteiger partial charge in [0.25, 0.3) is 0 Å². The molecule has 0 spiro atoms. The van der Waals surface area contributed by atoms with E-state index in [1.165, 1.54) is 0 Å². The molecule has 1 aliphatic heterocycles. The van der Waals surface area contributed by atoms with Crippen molar-refractivity contribution in [3.63, 3.8) is 0 Å². The summed E-state index contributed by atoms with van der Waals surface area (Å²) in [5.74, 6) is 1.49. The topological polar surface area (TPSA) is 58.6 Å². The zero-order valence-corrected chi connectivity index (χ0v) is 16.6. The molecule has 0 bridgehead atoms. The van der Waals surface area contributed by atoms with Gasteiger partial charge in [-0.1, -0.05) is 39.8 Å². The van der Waals surface area contributed by atoms with E-state index in [4.69, 9.17) is 4.74 Å². The fraction of sp³-hybridized carbons (Fsp3) is 0.619. The van der Waals surface area contributed by atoms with Crippen LogP contribution in [0.15, 0.2) is 24.3 Å². The maximum absolute atomic E-state index is 12.8. The lowest BCUT2D eigenvalue weighted by atomic mass is 9.88. The van der Waals surface area contributed by atoms with Gasteiger partial charge in [0.15, 0.2) is 0 Å². The third kappa shape index (κ3) is 5.23. The average molecular weight is 360 g/mol. The molecule has 1 heterocycles. The van der Waals surface area contributed by atoms with Crippen LogP contribution in [-0.4, -0.2) is 43.5 Å². The molecule has 2 rings (SSSR count). The van der Waals surface area contributed by atoms with E-state index >= 15 is 0 Å². The molecule has 1 saturated heterocycles. The Kier molecular flexibility index (Phi) is 7.06. The van der Waals surface area contributed by atoms with E-state index in [1.807, 2.05) is 43.0 Å². The highest BCUT2D eigenvalue weighted by Crippen LogP contribution is 2.34. The van der Waals surface area contributed by atoms with Crippen molar-refractivity contribution < 1.29 is 14.3 Å². The molecule has 0 saturated carbocycles. The van der Waals surface area contributed by atoms with Crippen LogP contribution in [0.2, 0.25) is 0 Å². The van der Waals surface area contributed by atoms with Crippen LogP contribution in [0.25, 0.3) is 0 Å². The first kappa shape index (κ1) is 20.3. The first-order valence-electron chi connectivity index (χ1n) is 9.51. The maximum atomic E-state index is 12.8. The van der Waals surface area contributed by atoms with Gasteiger partial charge < -0.3 is 15.0 Å². The number of hydrogen-bond acceptors (Lipinski definition) is 3. The minimum absolute atomic E-state index is 0.0178. The van der Waals surface area contributed by atoms with Crippen molar-refractivity contribution in [2.24, 2.45) is 17.8 Å². The van der Waals surface area contributed by atoms with E-state index in [0.717, 1.165) is 11.3 Å². The van der Waals surface area contributed by atoms with E-state index in [0.29, 0.717) is 37.9 Å². The number of carbonyl (C=O) groups excluding carboxylic acids is 2. The molecular formula is C21H32N2O3. The molecule has 2 amide bonds. The summed E-state index contributed by atoms with van der Waals surface area (Å²) in [6, 6.07) is 7.83. The number of likely N-dealkylation sites (tertiary alicyclic amines) is 1. The molecule has 1 aromatic rings. The standard InChI is InChI=1S/C21H32N2O3/c1-14(2)10-20(24)23-12-18(16-6-8-17(26-5)9-7-16)19(13-23)21(25)22-11-15(3)4/h6-9,14-15,18-19H,10-13H2,1-5H3,(H,22,25). The molecule has 5 nitrogen and oxygen atoms in total. The van der Waals surface area contributed by atoms with E-state index < -0.39 is 0 Å². The first-order valence-corrected chi connectivity index (χ1v) is 9.51. The van der Waals surface area contributed by atoms with Crippen LogP contribution in [0.3, 0.4) is 0 Å².